The first kappa shape index (κ1) is 23.7. The van der Waals surface area contributed by atoms with E-state index in [-0.39, 0.29) is 24.0 Å². The van der Waals surface area contributed by atoms with Crippen molar-refractivity contribution in [3.8, 4) is 10.6 Å². The summed E-state index contributed by atoms with van der Waals surface area (Å²) in [6.45, 7) is 10.4. The van der Waals surface area contributed by atoms with Crippen LogP contribution in [0.25, 0.3) is 10.6 Å². The second kappa shape index (κ2) is 11.6. The fourth-order valence-electron chi connectivity index (χ4n) is 3.52. The van der Waals surface area contributed by atoms with Crippen molar-refractivity contribution in [2.75, 3.05) is 32.7 Å². The van der Waals surface area contributed by atoms with Crippen molar-refractivity contribution in [3.05, 3.63) is 58.9 Å². The number of thiazole rings is 1. The van der Waals surface area contributed by atoms with Gasteiger partial charge in [-0.05, 0) is 13.8 Å². The molecule has 0 atom stereocenters. The van der Waals surface area contributed by atoms with Crippen molar-refractivity contribution >= 4 is 41.3 Å². The van der Waals surface area contributed by atoms with Crippen LogP contribution in [0.2, 0.25) is 0 Å². The zero-order valence-electron chi connectivity index (χ0n) is 18.0. The minimum Gasteiger partial charge on any atom is -0.364 e. The number of halogens is 1. The molecule has 166 valence electrons. The van der Waals surface area contributed by atoms with Gasteiger partial charge in [-0.25, -0.2) is 9.98 Å². The van der Waals surface area contributed by atoms with E-state index in [4.69, 9.17) is 14.5 Å². The number of aliphatic imine (C=N–C) groups is 1. The van der Waals surface area contributed by atoms with Crippen LogP contribution in [0.4, 0.5) is 0 Å². The Labute approximate surface area is 204 Å². The summed E-state index contributed by atoms with van der Waals surface area (Å²) in [6.07, 6.45) is 1.63. The van der Waals surface area contributed by atoms with Crippen LogP contribution >= 0.6 is 35.3 Å². The molecule has 1 aliphatic heterocycles. The first-order valence-electron chi connectivity index (χ1n) is 10.4. The van der Waals surface area contributed by atoms with Gasteiger partial charge in [0.05, 0.1) is 17.9 Å². The minimum atomic E-state index is 0. The van der Waals surface area contributed by atoms with Crippen molar-refractivity contribution in [3.63, 3.8) is 0 Å². The van der Waals surface area contributed by atoms with Crippen LogP contribution in [0, 0.1) is 6.92 Å². The van der Waals surface area contributed by atoms with Gasteiger partial charge in [0.25, 0.3) is 0 Å². The molecule has 1 fully saturated rings. The summed E-state index contributed by atoms with van der Waals surface area (Å²) in [5.74, 6) is 0.979. The molecule has 1 aliphatic rings. The maximum atomic E-state index is 4.94. The van der Waals surface area contributed by atoms with Gasteiger partial charge >= 0.3 is 0 Å². The van der Waals surface area contributed by atoms with Gasteiger partial charge in [-0.2, -0.15) is 0 Å². The molecular formula is C22H29IN6OS. The number of benzene rings is 1. The molecule has 0 amide bonds. The highest BCUT2D eigenvalue weighted by Crippen LogP contribution is 2.28. The molecule has 2 aromatic heterocycles. The fourth-order valence-corrected chi connectivity index (χ4v) is 4.51. The van der Waals surface area contributed by atoms with Gasteiger partial charge in [-0.15, -0.1) is 35.3 Å². The smallest absolute Gasteiger partial charge is 0.194 e. The largest absolute Gasteiger partial charge is 0.364 e. The molecule has 31 heavy (non-hydrogen) atoms. The van der Waals surface area contributed by atoms with Gasteiger partial charge in [0.2, 0.25) is 0 Å². The van der Waals surface area contributed by atoms with Crippen LogP contribution in [0.3, 0.4) is 0 Å². The van der Waals surface area contributed by atoms with Gasteiger partial charge in [-0.1, -0.05) is 35.5 Å². The van der Waals surface area contributed by atoms with E-state index in [2.05, 4.69) is 58.4 Å². The SMILES string of the molecule is CCNC(=NCc1sc(-c2ccccc2)nc1C)N1CCN(Cc2ccon2)CC1.I. The third kappa shape index (κ3) is 6.27. The van der Waals surface area contributed by atoms with Gasteiger partial charge in [0.1, 0.15) is 11.3 Å². The predicted molar refractivity (Wildman–Crippen MR) is 136 cm³/mol. The quantitative estimate of drug-likeness (QED) is 0.283. The van der Waals surface area contributed by atoms with E-state index >= 15 is 0 Å². The van der Waals surface area contributed by atoms with Gasteiger partial charge < -0.3 is 14.7 Å². The Balaban J connectivity index is 0.00000272. The van der Waals surface area contributed by atoms with Gasteiger partial charge in [-0.3, -0.25) is 4.90 Å². The van der Waals surface area contributed by atoms with E-state index in [1.54, 1.807) is 17.6 Å². The first-order chi connectivity index (χ1) is 14.7. The summed E-state index contributed by atoms with van der Waals surface area (Å²) >= 11 is 1.73. The van der Waals surface area contributed by atoms with E-state index in [0.29, 0.717) is 6.54 Å². The van der Waals surface area contributed by atoms with Crippen LogP contribution in [0.5, 0.6) is 0 Å². The average molecular weight is 552 g/mol. The van der Waals surface area contributed by atoms with E-state index in [9.17, 15) is 0 Å². The van der Waals surface area contributed by atoms with Crippen LogP contribution in [0.15, 0.2) is 52.2 Å². The zero-order chi connectivity index (χ0) is 20.8. The lowest BCUT2D eigenvalue weighted by Gasteiger charge is -2.36. The lowest BCUT2D eigenvalue weighted by atomic mass is 10.2. The van der Waals surface area contributed by atoms with Crippen molar-refractivity contribution < 1.29 is 4.52 Å². The topological polar surface area (TPSA) is 69.8 Å². The predicted octanol–water partition coefficient (Wildman–Crippen LogP) is 4.01. The standard InChI is InChI=1S/C22H28N6OS.HI/c1-3-23-22(28-12-10-27(11-13-28)16-19-9-14-29-26-19)24-15-20-17(2)25-21(30-20)18-7-5-4-6-8-18;/h4-9,14H,3,10-13,15-16H2,1-2H3,(H,23,24);1H. The molecule has 9 heteroatoms. The third-order valence-corrected chi connectivity index (χ3v) is 6.36. The fraction of sp³-hybridized carbons (Fsp3) is 0.409. The van der Waals surface area contributed by atoms with Gasteiger partial charge in [0, 0.05) is 55.8 Å². The Morgan fingerprint density at radius 3 is 2.61 bits per heavy atom. The lowest BCUT2D eigenvalue weighted by Crippen LogP contribution is -2.52. The Kier molecular flexibility index (Phi) is 8.85. The highest BCUT2D eigenvalue weighted by atomic mass is 127. The normalized spacial score (nSPS) is 15.0. The monoisotopic (exact) mass is 552 g/mol. The number of piperazine rings is 1. The van der Waals surface area contributed by atoms with E-state index in [0.717, 1.165) is 67.2 Å². The maximum absolute atomic E-state index is 4.94. The van der Waals surface area contributed by atoms with Crippen LogP contribution < -0.4 is 5.32 Å². The van der Waals surface area contributed by atoms with Crippen molar-refractivity contribution in [2.45, 2.75) is 26.9 Å². The molecule has 0 spiro atoms. The first-order valence-corrected chi connectivity index (χ1v) is 11.2. The average Bonchev–Trinajstić information content (AvgIpc) is 3.42. The number of aryl methyl sites for hydroxylation is 1. The van der Waals surface area contributed by atoms with Crippen molar-refractivity contribution in [1.82, 2.24) is 25.3 Å². The Hall–Kier alpha value is -1.98. The maximum Gasteiger partial charge on any atom is 0.194 e. The molecule has 0 aliphatic carbocycles. The molecule has 0 bridgehead atoms. The molecule has 0 radical (unpaired) electrons. The molecule has 0 unspecified atom stereocenters. The summed E-state index contributed by atoms with van der Waals surface area (Å²) in [4.78, 5) is 15.7. The number of hydrogen-bond donors (Lipinski definition) is 1. The molecule has 1 N–H and O–H groups in total. The van der Waals surface area contributed by atoms with E-state index < -0.39 is 0 Å². The van der Waals surface area contributed by atoms with Gasteiger partial charge in [0.15, 0.2) is 5.96 Å². The summed E-state index contributed by atoms with van der Waals surface area (Å²) < 4.78 is 4.94. The molecule has 7 nitrogen and oxygen atoms in total. The Morgan fingerprint density at radius 2 is 1.94 bits per heavy atom. The molecular weight excluding hydrogens is 523 g/mol. The minimum absolute atomic E-state index is 0. The van der Waals surface area contributed by atoms with E-state index in [1.165, 1.54) is 4.88 Å². The number of rotatable bonds is 6. The number of nitrogens with one attached hydrogen (secondary N) is 1. The Morgan fingerprint density at radius 1 is 1.16 bits per heavy atom. The molecule has 1 saturated heterocycles. The molecule has 3 aromatic rings. The highest BCUT2D eigenvalue weighted by molar-refractivity contribution is 14.0. The number of guanidine groups is 1. The van der Waals surface area contributed by atoms with Crippen LogP contribution in [0.1, 0.15) is 23.2 Å². The summed E-state index contributed by atoms with van der Waals surface area (Å²) in [6, 6.07) is 12.3. The van der Waals surface area contributed by atoms with Crippen molar-refractivity contribution in [1.29, 1.82) is 0 Å². The molecule has 3 heterocycles. The molecule has 4 rings (SSSR count). The number of hydrogen-bond acceptors (Lipinski definition) is 6. The summed E-state index contributed by atoms with van der Waals surface area (Å²) in [7, 11) is 0. The third-order valence-electron chi connectivity index (χ3n) is 5.17. The van der Waals surface area contributed by atoms with Crippen LogP contribution in [-0.2, 0) is 13.1 Å². The summed E-state index contributed by atoms with van der Waals surface area (Å²) in [5.41, 5.74) is 3.21. The lowest BCUT2D eigenvalue weighted by molar-refractivity contribution is 0.169. The second-order valence-corrected chi connectivity index (χ2v) is 8.40. The number of aromatic nitrogens is 2. The molecule has 1 aromatic carbocycles. The number of nitrogens with zero attached hydrogens (tertiary/aromatic N) is 5. The molecule has 0 saturated carbocycles. The summed E-state index contributed by atoms with van der Waals surface area (Å²) in [5, 5.41) is 8.53. The Bertz CT molecular complexity index is 952. The second-order valence-electron chi connectivity index (χ2n) is 7.32. The van der Waals surface area contributed by atoms with Crippen molar-refractivity contribution in [2.24, 2.45) is 4.99 Å². The highest BCUT2D eigenvalue weighted by Gasteiger charge is 2.20. The van der Waals surface area contributed by atoms with Crippen LogP contribution in [-0.4, -0.2) is 58.6 Å². The zero-order valence-corrected chi connectivity index (χ0v) is 21.1. The van der Waals surface area contributed by atoms with E-state index in [1.807, 2.05) is 12.1 Å².